The molecule has 21 heavy (non-hydrogen) atoms. The highest BCUT2D eigenvalue weighted by Crippen LogP contribution is 2.11. The molecule has 5 nitrogen and oxygen atoms in total. The summed E-state index contributed by atoms with van der Waals surface area (Å²) in [4.78, 5) is 23.7. The fourth-order valence-corrected chi connectivity index (χ4v) is 1.45. The summed E-state index contributed by atoms with van der Waals surface area (Å²) in [6.45, 7) is 9.38. The van der Waals surface area contributed by atoms with Crippen LogP contribution in [0.4, 0.5) is 10.5 Å². The number of anilines is 1. The van der Waals surface area contributed by atoms with Crippen molar-refractivity contribution < 1.29 is 19.1 Å². The van der Waals surface area contributed by atoms with E-state index in [0.717, 1.165) is 0 Å². The Hall–Kier alpha value is -2.30. The van der Waals surface area contributed by atoms with Crippen LogP contribution < -0.4 is 5.32 Å². The number of amides is 1. The van der Waals surface area contributed by atoms with Crippen molar-refractivity contribution in [2.24, 2.45) is 5.92 Å². The average molecular weight is 291 g/mol. The lowest BCUT2D eigenvalue weighted by atomic mass is 10.2. The molecule has 1 amide bonds. The zero-order chi connectivity index (χ0) is 15.8. The minimum Gasteiger partial charge on any atom is -0.462 e. The fourth-order valence-electron chi connectivity index (χ4n) is 1.45. The Morgan fingerprint density at radius 1 is 1.24 bits per heavy atom. The molecule has 1 N–H and O–H groups in total. The molecule has 1 unspecified atom stereocenters. The van der Waals surface area contributed by atoms with Crippen LogP contribution in [-0.4, -0.2) is 24.8 Å². The number of hydrogen-bond donors (Lipinski definition) is 1. The number of carbonyl (C=O) groups excluding carboxylic acids is 2. The summed E-state index contributed by atoms with van der Waals surface area (Å²) in [6, 6.07) is 8.82. The molecule has 1 rings (SSSR count). The Balaban J connectivity index is 2.59. The van der Waals surface area contributed by atoms with Crippen molar-refractivity contribution >= 4 is 17.7 Å². The van der Waals surface area contributed by atoms with Crippen LogP contribution >= 0.6 is 0 Å². The fraction of sp³-hybridized carbons (Fsp3) is 0.375. The smallest absolute Gasteiger partial charge is 0.412 e. The highest BCUT2D eigenvalue weighted by molar-refractivity contribution is 5.88. The van der Waals surface area contributed by atoms with Gasteiger partial charge in [-0.3, -0.25) is 5.32 Å². The molecule has 114 valence electrons. The van der Waals surface area contributed by atoms with Crippen LogP contribution in [0, 0.1) is 5.92 Å². The molecule has 0 bridgehead atoms. The van der Waals surface area contributed by atoms with Crippen molar-refractivity contribution in [3.63, 3.8) is 0 Å². The SMILES string of the molecule is C=C(C)C(OC(=O)Nc1ccccc1)C(=O)OCC(C)C. The molecule has 0 aromatic heterocycles. The minimum atomic E-state index is -1.10. The highest BCUT2D eigenvalue weighted by Gasteiger charge is 2.25. The van der Waals surface area contributed by atoms with Gasteiger partial charge in [0, 0.05) is 5.69 Å². The van der Waals surface area contributed by atoms with Gasteiger partial charge in [0.25, 0.3) is 0 Å². The Labute approximate surface area is 124 Å². The standard InChI is InChI=1S/C16H21NO4/c1-11(2)10-20-15(18)14(12(3)4)21-16(19)17-13-8-6-5-7-9-13/h5-9,11,14H,3,10H2,1-2,4H3,(H,17,19). The lowest BCUT2D eigenvalue weighted by molar-refractivity contribution is -0.152. The van der Waals surface area contributed by atoms with E-state index in [1.165, 1.54) is 0 Å². The molecule has 0 aliphatic heterocycles. The van der Waals surface area contributed by atoms with Gasteiger partial charge in [0.2, 0.25) is 6.10 Å². The average Bonchev–Trinajstić information content (AvgIpc) is 2.43. The van der Waals surface area contributed by atoms with Gasteiger partial charge in [-0.25, -0.2) is 9.59 Å². The first-order chi connectivity index (χ1) is 9.90. The van der Waals surface area contributed by atoms with E-state index in [4.69, 9.17) is 9.47 Å². The van der Waals surface area contributed by atoms with Crippen LogP contribution in [0.5, 0.6) is 0 Å². The van der Waals surface area contributed by atoms with Crippen LogP contribution in [0.3, 0.4) is 0 Å². The summed E-state index contributed by atoms with van der Waals surface area (Å²) >= 11 is 0. The summed E-state index contributed by atoms with van der Waals surface area (Å²) in [7, 11) is 0. The monoisotopic (exact) mass is 291 g/mol. The number of rotatable bonds is 6. The largest absolute Gasteiger partial charge is 0.462 e. The minimum absolute atomic E-state index is 0.206. The molecule has 0 radical (unpaired) electrons. The van der Waals surface area contributed by atoms with Gasteiger partial charge < -0.3 is 9.47 Å². The van der Waals surface area contributed by atoms with Crippen molar-refractivity contribution in [2.75, 3.05) is 11.9 Å². The molecular formula is C16H21NO4. The van der Waals surface area contributed by atoms with Crippen molar-refractivity contribution in [3.05, 3.63) is 42.5 Å². The second kappa shape index (κ2) is 8.09. The molecule has 0 aliphatic carbocycles. The first kappa shape index (κ1) is 16.8. The number of ether oxygens (including phenoxy) is 2. The van der Waals surface area contributed by atoms with Gasteiger partial charge in [-0.1, -0.05) is 38.6 Å². The second-order valence-corrected chi connectivity index (χ2v) is 5.15. The molecule has 0 saturated heterocycles. The molecule has 0 spiro atoms. The molecule has 5 heteroatoms. The van der Waals surface area contributed by atoms with Crippen LogP contribution in [0.15, 0.2) is 42.5 Å². The third kappa shape index (κ3) is 6.12. The lowest BCUT2D eigenvalue weighted by Gasteiger charge is -2.18. The summed E-state index contributed by atoms with van der Waals surface area (Å²) in [5, 5.41) is 2.54. The first-order valence-electron chi connectivity index (χ1n) is 6.75. The van der Waals surface area contributed by atoms with Gasteiger partial charge >= 0.3 is 12.1 Å². The van der Waals surface area contributed by atoms with E-state index in [1.807, 2.05) is 19.9 Å². The van der Waals surface area contributed by atoms with Gasteiger partial charge in [-0.2, -0.15) is 0 Å². The van der Waals surface area contributed by atoms with E-state index >= 15 is 0 Å². The van der Waals surface area contributed by atoms with E-state index in [-0.39, 0.29) is 12.5 Å². The molecular weight excluding hydrogens is 270 g/mol. The first-order valence-corrected chi connectivity index (χ1v) is 6.75. The molecule has 1 atom stereocenters. The maximum absolute atomic E-state index is 11.9. The second-order valence-electron chi connectivity index (χ2n) is 5.15. The summed E-state index contributed by atoms with van der Waals surface area (Å²) in [6.07, 6.45) is -1.83. The maximum atomic E-state index is 11.9. The van der Waals surface area contributed by atoms with Crippen molar-refractivity contribution in [3.8, 4) is 0 Å². The Bertz CT molecular complexity index is 496. The third-order valence-electron chi connectivity index (χ3n) is 2.47. The van der Waals surface area contributed by atoms with Crippen molar-refractivity contribution in [2.45, 2.75) is 26.9 Å². The number of hydrogen-bond acceptors (Lipinski definition) is 4. The lowest BCUT2D eigenvalue weighted by Crippen LogP contribution is -2.32. The molecule has 0 fully saturated rings. The van der Waals surface area contributed by atoms with Crippen LogP contribution in [0.2, 0.25) is 0 Å². The van der Waals surface area contributed by atoms with E-state index < -0.39 is 18.2 Å². The number of carbonyl (C=O) groups is 2. The maximum Gasteiger partial charge on any atom is 0.412 e. The van der Waals surface area contributed by atoms with Gasteiger partial charge in [0.05, 0.1) is 6.61 Å². The van der Waals surface area contributed by atoms with E-state index in [9.17, 15) is 9.59 Å². The predicted octanol–water partition coefficient (Wildman–Crippen LogP) is 3.38. The Morgan fingerprint density at radius 2 is 1.86 bits per heavy atom. The van der Waals surface area contributed by atoms with E-state index in [2.05, 4.69) is 11.9 Å². The number of esters is 1. The van der Waals surface area contributed by atoms with E-state index in [1.54, 1.807) is 31.2 Å². The van der Waals surface area contributed by atoms with Gasteiger partial charge in [0.15, 0.2) is 0 Å². The summed E-state index contributed by atoms with van der Waals surface area (Å²) in [5.41, 5.74) is 0.991. The molecule has 0 saturated carbocycles. The van der Waals surface area contributed by atoms with Gasteiger partial charge in [-0.15, -0.1) is 0 Å². The number of nitrogens with one attached hydrogen (secondary N) is 1. The quantitative estimate of drug-likeness (QED) is 0.644. The summed E-state index contributed by atoms with van der Waals surface area (Å²) in [5.74, 6) is -0.405. The van der Waals surface area contributed by atoms with E-state index in [0.29, 0.717) is 11.3 Å². The zero-order valence-electron chi connectivity index (χ0n) is 12.6. The third-order valence-corrected chi connectivity index (χ3v) is 2.47. The van der Waals surface area contributed by atoms with Crippen LogP contribution in [0.25, 0.3) is 0 Å². The summed E-state index contributed by atoms with van der Waals surface area (Å²) < 4.78 is 10.2. The molecule has 0 heterocycles. The molecule has 0 aliphatic rings. The zero-order valence-corrected chi connectivity index (χ0v) is 12.6. The van der Waals surface area contributed by atoms with Crippen LogP contribution in [0.1, 0.15) is 20.8 Å². The van der Waals surface area contributed by atoms with Crippen LogP contribution in [-0.2, 0) is 14.3 Å². The topological polar surface area (TPSA) is 64.6 Å². The normalized spacial score (nSPS) is 11.6. The highest BCUT2D eigenvalue weighted by atomic mass is 16.6. The Morgan fingerprint density at radius 3 is 2.38 bits per heavy atom. The molecule has 1 aromatic carbocycles. The predicted molar refractivity (Wildman–Crippen MR) is 80.9 cm³/mol. The number of benzene rings is 1. The van der Waals surface area contributed by atoms with Gasteiger partial charge in [0.1, 0.15) is 0 Å². The number of para-hydroxylation sites is 1. The van der Waals surface area contributed by atoms with Crippen molar-refractivity contribution in [1.82, 2.24) is 0 Å². The Kier molecular flexibility index (Phi) is 6.46. The van der Waals surface area contributed by atoms with Gasteiger partial charge in [-0.05, 0) is 30.5 Å². The molecule has 1 aromatic rings. The van der Waals surface area contributed by atoms with Crippen molar-refractivity contribution in [1.29, 1.82) is 0 Å².